The van der Waals surface area contributed by atoms with Crippen molar-refractivity contribution in [1.29, 1.82) is 0 Å². The standard InChI is InChI=1S/C14H22N4O2/c1-8(2)17-13(19)9(3)18-12-7-10(14(20)16-4)5-6-11(12)15/h5-9,18H,15H2,1-4H3,(H,16,20)(H,17,19). The first-order chi connectivity index (χ1) is 9.35. The molecule has 0 spiro atoms. The molecule has 6 heteroatoms. The van der Waals surface area contributed by atoms with Crippen LogP contribution >= 0.6 is 0 Å². The largest absolute Gasteiger partial charge is 0.397 e. The van der Waals surface area contributed by atoms with Crippen molar-refractivity contribution in [2.24, 2.45) is 0 Å². The van der Waals surface area contributed by atoms with Gasteiger partial charge in [-0.25, -0.2) is 0 Å². The van der Waals surface area contributed by atoms with Crippen LogP contribution in [0.15, 0.2) is 18.2 Å². The van der Waals surface area contributed by atoms with Crippen molar-refractivity contribution in [2.45, 2.75) is 32.9 Å². The Balaban J connectivity index is 2.86. The van der Waals surface area contributed by atoms with E-state index < -0.39 is 6.04 Å². The van der Waals surface area contributed by atoms with Crippen molar-refractivity contribution in [2.75, 3.05) is 18.1 Å². The Hall–Kier alpha value is -2.24. The van der Waals surface area contributed by atoms with E-state index in [1.807, 2.05) is 13.8 Å². The van der Waals surface area contributed by atoms with Gasteiger partial charge in [-0.05, 0) is 39.0 Å². The number of hydrogen-bond acceptors (Lipinski definition) is 4. The molecule has 110 valence electrons. The molecule has 0 saturated carbocycles. The van der Waals surface area contributed by atoms with E-state index in [9.17, 15) is 9.59 Å². The summed E-state index contributed by atoms with van der Waals surface area (Å²) in [6.45, 7) is 5.53. The number of rotatable bonds is 5. The van der Waals surface area contributed by atoms with Crippen molar-refractivity contribution in [3.63, 3.8) is 0 Å². The number of nitrogens with two attached hydrogens (primary N) is 1. The topological polar surface area (TPSA) is 96.2 Å². The van der Waals surface area contributed by atoms with Gasteiger partial charge in [0.2, 0.25) is 5.91 Å². The first-order valence-corrected chi connectivity index (χ1v) is 6.53. The number of hydrogen-bond donors (Lipinski definition) is 4. The molecule has 2 amide bonds. The van der Waals surface area contributed by atoms with E-state index in [0.29, 0.717) is 16.9 Å². The van der Waals surface area contributed by atoms with Gasteiger partial charge in [-0.2, -0.15) is 0 Å². The van der Waals surface area contributed by atoms with Crippen LogP contribution in [0, 0.1) is 0 Å². The molecule has 5 N–H and O–H groups in total. The summed E-state index contributed by atoms with van der Waals surface area (Å²) >= 11 is 0. The maximum absolute atomic E-state index is 11.9. The molecule has 1 aromatic carbocycles. The van der Waals surface area contributed by atoms with Crippen LogP contribution in [0.4, 0.5) is 11.4 Å². The summed E-state index contributed by atoms with van der Waals surface area (Å²) in [7, 11) is 1.56. The van der Waals surface area contributed by atoms with Gasteiger partial charge in [0.25, 0.3) is 5.91 Å². The van der Waals surface area contributed by atoms with Gasteiger partial charge in [-0.15, -0.1) is 0 Å². The van der Waals surface area contributed by atoms with Crippen molar-refractivity contribution < 1.29 is 9.59 Å². The lowest BCUT2D eigenvalue weighted by Crippen LogP contribution is -2.41. The van der Waals surface area contributed by atoms with Crippen molar-refractivity contribution >= 4 is 23.2 Å². The summed E-state index contributed by atoms with van der Waals surface area (Å²) in [5, 5.41) is 8.37. The zero-order valence-electron chi connectivity index (χ0n) is 12.3. The first-order valence-electron chi connectivity index (χ1n) is 6.53. The summed E-state index contributed by atoms with van der Waals surface area (Å²) in [6.07, 6.45) is 0. The van der Waals surface area contributed by atoms with Crippen molar-refractivity contribution in [3.8, 4) is 0 Å². The van der Waals surface area contributed by atoms with Gasteiger partial charge in [0.05, 0.1) is 11.4 Å². The van der Waals surface area contributed by atoms with Crippen LogP contribution in [0.25, 0.3) is 0 Å². The van der Waals surface area contributed by atoms with E-state index in [-0.39, 0.29) is 17.9 Å². The number of benzene rings is 1. The van der Waals surface area contributed by atoms with Gasteiger partial charge in [0.1, 0.15) is 6.04 Å². The fourth-order valence-corrected chi connectivity index (χ4v) is 1.68. The molecule has 0 saturated heterocycles. The fourth-order valence-electron chi connectivity index (χ4n) is 1.68. The SMILES string of the molecule is CNC(=O)c1ccc(N)c(NC(C)C(=O)NC(C)C)c1. The molecule has 0 aromatic heterocycles. The van der Waals surface area contributed by atoms with Crippen molar-refractivity contribution in [3.05, 3.63) is 23.8 Å². The lowest BCUT2D eigenvalue weighted by atomic mass is 10.1. The minimum atomic E-state index is -0.445. The molecule has 0 fully saturated rings. The van der Waals surface area contributed by atoms with Gasteiger partial charge >= 0.3 is 0 Å². The molecule has 0 aliphatic rings. The third kappa shape index (κ3) is 4.15. The average Bonchev–Trinajstić information content (AvgIpc) is 2.39. The Labute approximate surface area is 119 Å². The number of carbonyl (C=O) groups excluding carboxylic acids is 2. The van der Waals surface area contributed by atoms with Crippen LogP contribution in [0.3, 0.4) is 0 Å². The number of nitrogens with one attached hydrogen (secondary N) is 3. The van der Waals surface area contributed by atoms with E-state index in [4.69, 9.17) is 5.73 Å². The second-order valence-corrected chi connectivity index (χ2v) is 4.91. The maximum atomic E-state index is 11.9. The van der Waals surface area contributed by atoms with Crippen LogP contribution in [0.5, 0.6) is 0 Å². The van der Waals surface area contributed by atoms with Crippen LogP contribution in [-0.4, -0.2) is 30.9 Å². The van der Waals surface area contributed by atoms with Crippen molar-refractivity contribution in [1.82, 2.24) is 10.6 Å². The summed E-state index contributed by atoms with van der Waals surface area (Å²) in [6, 6.07) is 4.53. The fraction of sp³-hybridized carbons (Fsp3) is 0.429. The van der Waals surface area contributed by atoms with E-state index >= 15 is 0 Å². The van der Waals surface area contributed by atoms with Crippen LogP contribution < -0.4 is 21.7 Å². The Bertz CT molecular complexity index is 500. The second-order valence-electron chi connectivity index (χ2n) is 4.91. The predicted octanol–water partition coefficient (Wildman–Crippen LogP) is 0.953. The summed E-state index contributed by atoms with van der Waals surface area (Å²) in [5.74, 6) is -0.322. The summed E-state index contributed by atoms with van der Waals surface area (Å²) in [4.78, 5) is 23.4. The van der Waals surface area contributed by atoms with E-state index in [1.165, 1.54) is 0 Å². The zero-order valence-corrected chi connectivity index (χ0v) is 12.3. The Morgan fingerprint density at radius 2 is 1.85 bits per heavy atom. The summed E-state index contributed by atoms with van der Waals surface area (Å²) in [5.41, 5.74) is 7.40. The van der Waals surface area contributed by atoms with Gasteiger partial charge in [-0.3, -0.25) is 9.59 Å². The number of carbonyl (C=O) groups is 2. The zero-order chi connectivity index (χ0) is 15.3. The van der Waals surface area contributed by atoms with Gasteiger partial charge in [-0.1, -0.05) is 0 Å². The maximum Gasteiger partial charge on any atom is 0.251 e. The molecular formula is C14H22N4O2. The number of anilines is 2. The highest BCUT2D eigenvalue weighted by Crippen LogP contribution is 2.21. The highest BCUT2D eigenvalue weighted by Gasteiger charge is 2.15. The molecule has 0 aliphatic heterocycles. The highest BCUT2D eigenvalue weighted by molar-refractivity contribution is 5.96. The first kappa shape index (κ1) is 15.8. The normalized spacial score (nSPS) is 11.8. The van der Waals surface area contributed by atoms with E-state index in [1.54, 1.807) is 32.2 Å². The monoisotopic (exact) mass is 278 g/mol. The van der Waals surface area contributed by atoms with Crippen LogP contribution in [0.1, 0.15) is 31.1 Å². The third-order valence-electron chi connectivity index (χ3n) is 2.74. The average molecular weight is 278 g/mol. The molecule has 0 bridgehead atoms. The quantitative estimate of drug-likeness (QED) is 0.603. The van der Waals surface area contributed by atoms with E-state index in [0.717, 1.165) is 0 Å². The molecule has 0 heterocycles. The van der Waals surface area contributed by atoms with E-state index in [2.05, 4.69) is 16.0 Å². The Morgan fingerprint density at radius 1 is 1.20 bits per heavy atom. The van der Waals surface area contributed by atoms with Crippen LogP contribution in [-0.2, 0) is 4.79 Å². The lowest BCUT2D eigenvalue weighted by molar-refractivity contribution is -0.122. The number of amides is 2. The van der Waals surface area contributed by atoms with Gasteiger partial charge < -0.3 is 21.7 Å². The molecule has 6 nitrogen and oxygen atoms in total. The van der Waals surface area contributed by atoms with Gasteiger partial charge in [0.15, 0.2) is 0 Å². The summed E-state index contributed by atoms with van der Waals surface area (Å²) < 4.78 is 0. The third-order valence-corrected chi connectivity index (χ3v) is 2.74. The van der Waals surface area contributed by atoms with Gasteiger partial charge in [0, 0.05) is 18.7 Å². The Morgan fingerprint density at radius 3 is 2.40 bits per heavy atom. The second kappa shape index (κ2) is 6.79. The molecular weight excluding hydrogens is 256 g/mol. The minimum Gasteiger partial charge on any atom is -0.397 e. The smallest absolute Gasteiger partial charge is 0.251 e. The number of nitrogen functional groups attached to an aromatic ring is 1. The van der Waals surface area contributed by atoms with Crippen LogP contribution in [0.2, 0.25) is 0 Å². The lowest BCUT2D eigenvalue weighted by Gasteiger charge is -2.18. The molecule has 1 aromatic rings. The molecule has 1 unspecified atom stereocenters. The molecule has 0 aliphatic carbocycles. The molecule has 20 heavy (non-hydrogen) atoms. The highest BCUT2D eigenvalue weighted by atomic mass is 16.2. The Kier molecular flexibility index (Phi) is 5.37. The molecule has 1 atom stereocenters. The predicted molar refractivity (Wildman–Crippen MR) is 80.6 cm³/mol. The minimum absolute atomic E-state index is 0.0706. The molecule has 0 radical (unpaired) electrons. The molecule has 1 rings (SSSR count).